The van der Waals surface area contributed by atoms with Crippen molar-refractivity contribution in [3.8, 4) is 5.75 Å². The van der Waals surface area contributed by atoms with Gasteiger partial charge in [-0.05, 0) is 35.9 Å². The van der Waals surface area contributed by atoms with Crippen LogP contribution in [0.3, 0.4) is 0 Å². The van der Waals surface area contributed by atoms with Crippen molar-refractivity contribution < 1.29 is 23.0 Å². The molecule has 6 heteroatoms. The van der Waals surface area contributed by atoms with Gasteiger partial charge in [0.2, 0.25) is 0 Å². The molecule has 2 aromatic rings. The molecule has 0 unspecified atom stereocenters. The monoisotopic (exact) mass is 401 g/mol. The molecule has 2 aromatic carbocycles. The highest BCUT2D eigenvalue weighted by molar-refractivity contribution is 6.16. The van der Waals surface area contributed by atoms with E-state index < -0.39 is 11.6 Å². The molecule has 0 saturated carbocycles. The van der Waals surface area contributed by atoms with Gasteiger partial charge in [0.05, 0.1) is 26.0 Å². The van der Waals surface area contributed by atoms with E-state index in [0.717, 1.165) is 30.4 Å². The van der Waals surface area contributed by atoms with E-state index in [-0.39, 0.29) is 11.3 Å². The smallest absolute Gasteiger partial charge is 0.189 e. The zero-order valence-corrected chi connectivity index (χ0v) is 16.9. The van der Waals surface area contributed by atoms with Gasteiger partial charge in [-0.1, -0.05) is 13.8 Å². The maximum Gasteiger partial charge on any atom is 0.189 e. The number of halogens is 2. The number of anilines is 1. The van der Waals surface area contributed by atoms with Gasteiger partial charge in [0, 0.05) is 42.3 Å². The summed E-state index contributed by atoms with van der Waals surface area (Å²) in [4.78, 5) is 15.0. The van der Waals surface area contributed by atoms with Gasteiger partial charge < -0.3 is 14.4 Å². The summed E-state index contributed by atoms with van der Waals surface area (Å²) in [5.41, 5.74) is 3.07. The number of methoxy groups -OCH3 is 1. The Morgan fingerprint density at radius 1 is 1.10 bits per heavy atom. The van der Waals surface area contributed by atoms with E-state index in [9.17, 15) is 13.6 Å². The average Bonchev–Trinajstić information content (AvgIpc) is 3.06. The number of allylic oxidation sites excluding steroid dienone is 1. The predicted octanol–water partition coefficient (Wildman–Crippen LogP) is 4.66. The lowest BCUT2D eigenvalue weighted by Gasteiger charge is -2.30. The topological polar surface area (TPSA) is 38.8 Å². The molecule has 1 aliphatic carbocycles. The van der Waals surface area contributed by atoms with Crippen molar-refractivity contribution in [2.75, 3.05) is 38.3 Å². The number of hydrogen-bond donors (Lipinski definition) is 0. The number of carbonyl (C=O) groups excluding carboxylic acids is 1. The lowest BCUT2D eigenvalue weighted by molar-refractivity contribution is 0.104. The normalized spacial score (nSPS) is 17.1. The van der Waals surface area contributed by atoms with Gasteiger partial charge in [-0.25, -0.2) is 8.78 Å². The Kier molecular flexibility index (Phi) is 6.64. The molecule has 0 spiro atoms. The summed E-state index contributed by atoms with van der Waals surface area (Å²) in [6.45, 7) is 6.81. The molecular formula is C23H25F2NO3. The van der Waals surface area contributed by atoms with Crippen molar-refractivity contribution in [2.45, 2.75) is 20.3 Å². The number of Topliss-reactive ketones (excluding diaryl/α,β-unsaturated/α-hetero) is 1. The Balaban J connectivity index is 0.00000117. The summed E-state index contributed by atoms with van der Waals surface area (Å²) in [5.74, 6) is -0.841. The van der Waals surface area contributed by atoms with Crippen molar-refractivity contribution in [1.29, 1.82) is 0 Å². The molecule has 0 aromatic heterocycles. The molecule has 0 N–H and O–H groups in total. The van der Waals surface area contributed by atoms with Gasteiger partial charge in [-0.15, -0.1) is 0 Å². The molecule has 1 saturated heterocycles. The lowest BCUT2D eigenvalue weighted by Crippen LogP contribution is -2.36. The summed E-state index contributed by atoms with van der Waals surface area (Å²) in [7, 11) is 1.58. The number of carbonyl (C=O) groups is 1. The SMILES string of the molecule is CC.COc1cc2c(cc1N1CCOCC1)C/C(=C\c1ccc(F)cc1F)C2=O. The van der Waals surface area contributed by atoms with Crippen LogP contribution in [0.5, 0.6) is 5.75 Å². The molecule has 1 fully saturated rings. The molecule has 0 amide bonds. The number of hydrogen-bond acceptors (Lipinski definition) is 4. The molecule has 1 heterocycles. The van der Waals surface area contributed by atoms with E-state index in [4.69, 9.17) is 9.47 Å². The van der Waals surface area contributed by atoms with Crippen LogP contribution >= 0.6 is 0 Å². The standard InChI is InChI=1S/C21H19F2NO3.C2H6/c1-26-20-12-17-14(10-19(20)24-4-6-27-7-5-24)9-15(21(17)25)8-13-2-3-16(22)11-18(13)23;1-2/h2-3,8,10-12H,4-7,9H2,1H3;1-2H3/b15-8+;. The first-order chi connectivity index (χ1) is 14.1. The first-order valence-corrected chi connectivity index (χ1v) is 9.81. The summed E-state index contributed by atoms with van der Waals surface area (Å²) in [5, 5.41) is 0. The Bertz CT molecular complexity index is 934. The summed E-state index contributed by atoms with van der Waals surface area (Å²) >= 11 is 0. The van der Waals surface area contributed by atoms with Crippen LogP contribution < -0.4 is 9.64 Å². The minimum absolute atomic E-state index is 0.152. The third kappa shape index (κ3) is 4.32. The van der Waals surface area contributed by atoms with Crippen molar-refractivity contribution in [2.24, 2.45) is 0 Å². The molecule has 0 atom stereocenters. The van der Waals surface area contributed by atoms with E-state index in [1.165, 1.54) is 18.2 Å². The van der Waals surface area contributed by atoms with Crippen LogP contribution in [-0.4, -0.2) is 39.2 Å². The van der Waals surface area contributed by atoms with Gasteiger partial charge in [0.25, 0.3) is 0 Å². The lowest BCUT2D eigenvalue weighted by atomic mass is 10.1. The molecule has 4 nitrogen and oxygen atoms in total. The van der Waals surface area contributed by atoms with Gasteiger partial charge in [-0.2, -0.15) is 0 Å². The van der Waals surface area contributed by atoms with E-state index in [0.29, 0.717) is 36.5 Å². The summed E-state index contributed by atoms with van der Waals surface area (Å²) in [6, 6.07) is 7.07. The van der Waals surface area contributed by atoms with Gasteiger partial charge >= 0.3 is 0 Å². The van der Waals surface area contributed by atoms with E-state index >= 15 is 0 Å². The number of ether oxygens (including phenoxy) is 2. The van der Waals surface area contributed by atoms with Crippen molar-refractivity contribution in [3.05, 3.63) is 64.2 Å². The highest BCUT2D eigenvalue weighted by Gasteiger charge is 2.28. The van der Waals surface area contributed by atoms with Gasteiger partial charge in [-0.3, -0.25) is 4.79 Å². The quantitative estimate of drug-likeness (QED) is 0.702. The zero-order chi connectivity index (χ0) is 21.0. The molecule has 2 aliphatic rings. The number of ketones is 1. The van der Waals surface area contributed by atoms with Crippen LogP contribution in [0.1, 0.15) is 35.3 Å². The maximum absolute atomic E-state index is 14.0. The number of fused-ring (bicyclic) bond motifs is 1. The number of morpholine rings is 1. The first-order valence-electron chi connectivity index (χ1n) is 9.81. The fourth-order valence-corrected chi connectivity index (χ4v) is 3.57. The van der Waals surface area contributed by atoms with E-state index in [2.05, 4.69) is 4.90 Å². The highest BCUT2D eigenvalue weighted by atomic mass is 19.1. The summed E-state index contributed by atoms with van der Waals surface area (Å²) < 4.78 is 38.0. The molecule has 0 bridgehead atoms. The maximum atomic E-state index is 14.0. The fraction of sp³-hybridized carbons (Fsp3) is 0.348. The molecule has 0 radical (unpaired) electrons. The minimum Gasteiger partial charge on any atom is -0.495 e. The predicted molar refractivity (Wildman–Crippen MR) is 110 cm³/mol. The molecule has 154 valence electrons. The van der Waals surface area contributed by atoms with Crippen LogP contribution in [0.4, 0.5) is 14.5 Å². The van der Waals surface area contributed by atoms with Crippen molar-refractivity contribution in [3.63, 3.8) is 0 Å². The second kappa shape index (κ2) is 9.18. The minimum atomic E-state index is -0.683. The molecule has 29 heavy (non-hydrogen) atoms. The van der Waals surface area contributed by atoms with Crippen LogP contribution in [0.25, 0.3) is 6.08 Å². The second-order valence-corrected chi connectivity index (χ2v) is 6.62. The van der Waals surface area contributed by atoms with Crippen LogP contribution in [0.15, 0.2) is 35.9 Å². The summed E-state index contributed by atoms with van der Waals surface area (Å²) in [6.07, 6.45) is 1.91. The number of rotatable bonds is 3. The molecule has 4 rings (SSSR count). The second-order valence-electron chi connectivity index (χ2n) is 6.62. The van der Waals surface area contributed by atoms with Crippen LogP contribution in [0, 0.1) is 11.6 Å². The third-order valence-electron chi connectivity index (χ3n) is 4.97. The van der Waals surface area contributed by atoms with Gasteiger partial charge in [0.1, 0.15) is 17.4 Å². The van der Waals surface area contributed by atoms with Crippen molar-refractivity contribution in [1.82, 2.24) is 0 Å². The van der Waals surface area contributed by atoms with E-state index in [1.54, 1.807) is 13.2 Å². The fourth-order valence-electron chi connectivity index (χ4n) is 3.57. The Labute approximate surface area is 169 Å². The average molecular weight is 401 g/mol. The largest absolute Gasteiger partial charge is 0.495 e. The number of benzene rings is 2. The van der Waals surface area contributed by atoms with Crippen LogP contribution in [-0.2, 0) is 11.2 Å². The zero-order valence-electron chi connectivity index (χ0n) is 16.9. The molecule has 1 aliphatic heterocycles. The Morgan fingerprint density at radius 3 is 2.48 bits per heavy atom. The van der Waals surface area contributed by atoms with Crippen LogP contribution in [0.2, 0.25) is 0 Å². The Hall–Kier alpha value is -2.73. The highest BCUT2D eigenvalue weighted by Crippen LogP contribution is 2.38. The number of nitrogens with zero attached hydrogens (tertiary/aromatic N) is 1. The van der Waals surface area contributed by atoms with Gasteiger partial charge in [0.15, 0.2) is 5.78 Å². The van der Waals surface area contributed by atoms with E-state index in [1.807, 2.05) is 19.9 Å². The van der Waals surface area contributed by atoms with Crippen molar-refractivity contribution >= 4 is 17.5 Å². The first kappa shape index (κ1) is 21.0. The molecular weight excluding hydrogens is 376 g/mol. The third-order valence-corrected chi connectivity index (χ3v) is 4.97. The Morgan fingerprint density at radius 2 is 1.83 bits per heavy atom.